The number of amides is 1. The monoisotopic (exact) mass is 348 g/mol. The van der Waals surface area contributed by atoms with Crippen molar-refractivity contribution in [2.75, 3.05) is 12.4 Å². The Bertz CT molecular complexity index is 836. The van der Waals surface area contributed by atoms with Gasteiger partial charge < -0.3 is 10.1 Å². The van der Waals surface area contributed by atoms with Crippen LogP contribution < -0.4 is 15.5 Å². The van der Waals surface area contributed by atoms with Crippen molar-refractivity contribution in [2.45, 2.75) is 0 Å². The number of nitro groups is 2. The van der Waals surface area contributed by atoms with Crippen LogP contribution in [-0.2, 0) is 0 Å². The summed E-state index contributed by atoms with van der Waals surface area (Å²) in [7, 11) is 1.47. The van der Waals surface area contributed by atoms with Crippen molar-refractivity contribution >= 4 is 28.7 Å². The molecular weight excluding hydrogens is 336 g/mol. The number of carbonyl (C=O) groups is 1. The standard InChI is InChI=1S/C14H12N4O7/c1-25-10-4-2-8(3-5-10)15-13-11(14(19)16-20)6-9(17(21)22)7-12(13)18(23)24/h2-7,15,20H,1H3,(H,16,19). The molecule has 0 fully saturated rings. The van der Waals surface area contributed by atoms with Crippen LogP contribution in [0.5, 0.6) is 5.75 Å². The number of carbonyl (C=O) groups excluding carboxylic acids is 1. The van der Waals surface area contributed by atoms with Crippen LogP contribution in [0.25, 0.3) is 0 Å². The molecule has 0 aliphatic carbocycles. The van der Waals surface area contributed by atoms with Gasteiger partial charge in [0.25, 0.3) is 17.3 Å². The van der Waals surface area contributed by atoms with Crippen LogP contribution >= 0.6 is 0 Å². The quantitative estimate of drug-likeness (QED) is 0.408. The third-order valence-corrected chi connectivity index (χ3v) is 3.22. The molecule has 3 N–H and O–H groups in total. The Hall–Kier alpha value is -3.73. The lowest BCUT2D eigenvalue weighted by Crippen LogP contribution is -2.20. The second-order valence-electron chi connectivity index (χ2n) is 4.70. The highest BCUT2D eigenvalue weighted by Gasteiger charge is 2.27. The normalized spacial score (nSPS) is 10.0. The first-order valence-electron chi connectivity index (χ1n) is 6.69. The van der Waals surface area contributed by atoms with E-state index >= 15 is 0 Å². The molecule has 0 aliphatic rings. The summed E-state index contributed by atoms with van der Waals surface area (Å²) in [6.45, 7) is 0. The highest BCUT2D eigenvalue weighted by atomic mass is 16.6. The molecular formula is C14H12N4O7. The minimum absolute atomic E-state index is 0.299. The van der Waals surface area contributed by atoms with Crippen molar-refractivity contribution in [2.24, 2.45) is 0 Å². The average Bonchev–Trinajstić information content (AvgIpc) is 2.61. The number of anilines is 2. The van der Waals surface area contributed by atoms with Crippen molar-refractivity contribution in [1.82, 2.24) is 5.48 Å². The van der Waals surface area contributed by atoms with Gasteiger partial charge in [0.05, 0.1) is 28.6 Å². The second kappa shape index (κ2) is 7.23. The summed E-state index contributed by atoms with van der Waals surface area (Å²) in [5, 5.41) is 33.7. The summed E-state index contributed by atoms with van der Waals surface area (Å²) in [5.74, 6) is -0.597. The van der Waals surface area contributed by atoms with Gasteiger partial charge in [-0.05, 0) is 24.3 Å². The predicted octanol–water partition coefficient (Wildman–Crippen LogP) is 2.37. The van der Waals surface area contributed by atoms with Crippen LogP contribution in [0.2, 0.25) is 0 Å². The maximum atomic E-state index is 11.8. The van der Waals surface area contributed by atoms with Gasteiger partial charge in [-0.3, -0.25) is 30.2 Å². The molecule has 2 rings (SSSR count). The molecule has 11 heteroatoms. The number of rotatable bonds is 6. The van der Waals surface area contributed by atoms with Crippen LogP contribution in [0.3, 0.4) is 0 Å². The van der Waals surface area contributed by atoms with Gasteiger partial charge >= 0.3 is 0 Å². The number of ether oxygens (including phenoxy) is 1. The van der Waals surface area contributed by atoms with Gasteiger partial charge in [-0.1, -0.05) is 0 Å². The van der Waals surface area contributed by atoms with Crippen LogP contribution in [-0.4, -0.2) is 28.1 Å². The second-order valence-corrected chi connectivity index (χ2v) is 4.70. The van der Waals surface area contributed by atoms with E-state index in [1.165, 1.54) is 24.7 Å². The van der Waals surface area contributed by atoms with Crippen molar-refractivity contribution in [3.63, 3.8) is 0 Å². The number of benzene rings is 2. The Labute approximate surface area is 140 Å². The van der Waals surface area contributed by atoms with E-state index in [9.17, 15) is 25.0 Å². The highest BCUT2D eigenvalue weighted by molar-refractivity contribution is 6.02. The number of non-ortho nitro benzene ring substituents is 1. The lowest BCUT2D eigenvalue weighted by molar-refractivity contribution is -0.393. The molecule has 0 unspecified atom stereocenters. The molecule has 2 aromatic carbocycles. The Kier molecular flexibility index (Phi) is 5.09. The predicted molar refractivity (Wildman–Crippen MR) is 85.3 cm³/mol. The van der Waals surface area contributed by atoms with Gasteiger partial charge in [-0.2, -0.15) is 0 Å². The van der Waals surface area contributed by atoms with E-state index < -0.39 is 32.7 Å². The van der Waals surface area contributed by atoms with Gasteiger partial charge in [0.15, 0.2) is 0 Å². The Morgan fingerprint density at radius 1 is 1.12 bits per heavy atom. The molecule has 0 bridgehead atoms. The number of hydroxylamine groups is 1. The van der Waals surface area contributed by atoms with Gasteiger partial charge in [0.1, 0.15) is 11.4 Å². The summed E-state index contributed by atoms with van der Waals surface area (Å²) in [4.78, 5) is 32.3. The van der Waals surface area contributed by atoms with Crippen LogP contribution in [0.4, 0.5) is 22.7 Å². The van der Waals surface area contributed by atoms with E-state index in [2.05, 4.69) is 5.32 Å². The minimum atomic E-state index is -1.14. The summed E-state index contributed by atoms with van der Waals surface area (Å²) >= 11 is 0. The Morgan fingerprint density at radius 2 is 1.76 bits per heavy atom. The molecule has 11 nitrogen and oxygen atoms in total. The Morgan fingerprint density at radius 3 is 2.24 bits per heavy atom. The topological polar surface area (TPSA) is 157 Å². The maximum Gasteiger partial charge on any atom is 0.300 e. The molecule has 0 aromatic heterocycles. The summed E-state index contributed by atoms with van der Waals surface area (Å²) in [6.07, 6.45) is 0. The number of hydrogen-bond donors (Lipinski definition) is 3. The van der Waals surface area contributed by atoms with Crippen LogP contribution in [0.1, 0.15) is 10.4 Å². The first-order valence-corrected chi connectivity index (χ1v) is 6.69. The molecule has 0 saturated carbocycles. The van der Waals surface area contributed by atoms with E-state index in [-0.39, 0.29) is 5.69 Å². The molecule has 0 atom stereocenters. The fraction of sp³-hybridized carbons (Fsp3) is 0.0714. The first-order chi connectivity index (χ1) is 11.9. The van der Waals surface area contributed by atoms with E-state index in [1.807, 2.05) is 0 Å². The maximum absolute atomic E-state index is 11.8. The number of nitrogens with one attached hydrogen (secondary N) is 2. The smallest absolute Gasteiger partial charge is 0.300 e. The summed E-state index contributed by atoms with van der Waals surface area (Å²) in [5.41, 5.74) is -0.431. The van der Waals surface area contributed by atoms with E-state index in [1.54, 1.807) is 12.1 Å². The number of hydrogen-bond acceptors (Lipinski definition) is 8. The van der Waals surface area contributed by atoms with Gasteiger partial charge in [-0.15, -0.1) is 0 Å². The SMILES string of the molecule is COc1ccc(Nc2c(C(=O)NO)cc([N+](=O)[O-])cc2[N+](=O)[O-])cc1. The van der Waals surface area contributed by atoms with Crippen molar-refractivity contribution in [3.05, 3.63) is 62.2 Å². The number of nitrogens with zero attached hydrogens (tertiary/aromatic N) is 2. The summed E-state index contributed by atoms with van der Waals surface area (Å²) in [6, 6.07) is 7.76. The first kappa shape index (κ1) is 17.6. The van der Waals surface area contributed by atoms with Crippen molar-refractivity contribution in [3.8, 4) is 5.75 Å². The van der Waals surface area contributed by atoms with Gasteiger partial charge in [0, 0.05) is 11.8 Å². The average molecular weight is 348 g/mol. The number of nitro benzene ring substituents is 2. The minimum Gasteiger partial charge on any atom is -0.497 e. The molecule has 1 amide bonds. The molecule has 25 heavy (non-hydrogen) atoms. The van der Waals surface area contributed by atoms with Crippen molar-refractivity contribution < 1.29 is 24.6 Å². The lowest BCUT2D eigenvalue weighted by atomic mass is 10.1. The molecule has 0 heterocycles. The van der Waals surface area contributed by atoms with E-state index in [4.69, 9.17) is 9.94 Å². The van der Waals surface area contributed by atoms with Crippen molar-refractivity contribution in [1.29, 1.82) is 0 Å². The fourth-order valence-electron chi connectivity index (χ4n) is 2.05. The third-order valence-electron chi connectivity index (χ3n) is 3.22. The van der Waals surface area contributed by atoms with Gasteiger partial charge in [0.2, 0.25) is 0 Å². The Balaban J connectivity index is 2.61. The zero-order chi connectivity index (χ0) is 18.6. The molecule has 0 spiro atoms. The molecule has 0 aliphatic heterocycles. The molecule has 130 valence electrons. The molecule has 2 aromatic rings. The lowest BCUT2D eigenvalue weighted by Gasteiger charge is -2.12. The molecule has 0 radical (unpaired) electrons. The van der Waals surface area contributed by atoms with E-state index in [0.29, 0.717) is 11.4 Å². The van der Waals surface area contributed by atoms with Crippen LogP contribution in [0, 0.1) is 20.2 Å². The van der Waals surface area contributed by atoms with Crippen LogP contribution in [0.15, 0.2) is 36.4 Å². The largest absolute Gasteiger partial charge is 0.497 e. The molecule has 0 saturated heterocycles. The van der Waals surface area contributed by atoms with E-state index in [0.717, 1.165) is 12.1 Å². The zero-order valence-electron chi connectivity index (χ0n) is 12.8. The zero-order valence-corrected chi connectivity index (χ0v) is 12.8. The van der Waals surface area contributed by atoms with Gasteiger partial charge in [-0.25, -0.2) is 5.48 Å². The highest BCUT2D eigenvalue weighted by Crippen LogP contribution is 2.35. The third kappa shape index (κ3) is 3.79. The fourth-order valence-corrected chi connectivity index (χ4v) is 2.05. The number of methoxy groups -OCH3 is 1. The summed E-state index contributed by atoms with van der Waals surface area (Å²) < 4.78 is 4.99.